The van der Waals surface area contributed by atoms with Gasteiger partial charge in [-0.05, 0) is 49.2 Å². The second-order valence-corrected chi connectivity index (χ2v) is 13.0. The Hall–Kier alpha value is -2.05. The first-order valence-corrected chi connectivity index (χ1v) is 14.2. The van der Waals surface area contributed by atoms with E-state index in [0.29, 0.717) is 23.0 Å². The third kappa shape index (κ3) is 4.81. The van der Waals surface area contributed by atoms with Crippen LogP contribution in [-0.2, 0) is 24.7 Å². The van der Waals surface area contributed by atoms with Crippen molar-refractivity contribution in [1.82, 2.24) is 9.29 Å². The number of hydrogen-bond donors (Lipinski definition) is 1. The van der Waals surface area contributed by atoms with Gasteiger partial charge >= 0.3 is 0 Å². The summed E-state index contributed by atoms with van der Waals surface area (Å²) in [6.07, 6.45) is 1.74. The number of halogens is 1. The summed E-state index contributed by atoms with van der Waals surface area (Å²) in [4.78, 5) is 16.9. The molecule has 1 fully saturated rings. The molecule has 1 saturated heterocycles. The molecule has 8 nitrogen and oxygen atoms in total. The number of sulfonamides is 1. The molecule has 0 saturated carbocycles. The molecular formula is C20H20ClN3O5S3. The summed E-state index contributed by atoms with van der Waals surface area (Å²) >= 11 is 7.32. The zero-order valence-corrected chi connectivity index (χ0v) is 20.2. The first kappa shape index (κ1) is 23.1. The van der Waals surface area contributed by atoms with Gasteiger partial charge in [-0.25, -0.2) is 21.8 Å². The summed E-state index contributed by atoms with van der Waals surface area (Å²) in [5, 5.41) is 3.89. The van der Waals surface area contributed by atoms with Crippen LogP contribution >= 0.6 is 22.9 Å². The average molecular weight is 514 g/mol. The zero-order valence-electron chi connectivity index (χ0n) is 17.0. The molecule has 4 rings (SSSR count). The number of amides is 1. The fourth-order valence-electron chi connectivity index (χ4n) is 3.53. The summed E-state index contributed by atoms with van der Waals surface area (Å²) in [6, 6.07) is 10.6. The van der Waals surface area contributed by atoms with Crippen molar-refractivity contribution in [2.45, 2.75) is 22.6 Å². The van der Waals surface area contributed by atoms with Gasteiger partial charge in [-0.3, -0.25) is 4.79 Å². The fraction of sp³-hybridized carbons (Fsp3) is 0.300. The van der Waals surface area contributed by atoms with Crippen molar-refractivity contribution in [1.29, 1.82) is 0 Å². The van der Waals surface area contributed by atoms with Crippen LogP contribution in [0.25, 0.3) is 10.2 Å². The summed E-state index contributed by atoms with van der Waals surface area (Å²) in [6.45, 7) is 0.331. The predicted molar refractivity (Wildman–Crippen MR) is 124 cm³/mol. The Morgan fingerprint density at radius 1 is 1.09 bits per heavy atom. The van der Waals surface area contributed by atoms with Crippen molar-refractivity contribution in [2.75, 3.05) is 24.7 Å². The van der Waals surface area contributed by atoms with Crippen molar-refractivity contribution < 1.29 is 21.6 Å². The lowest BCUT2D eigenvalue weighted by atomic mass is 9.97. The Morgan fingerprint density at radius 3 is 2.47 bits per heavy atom. The van der Waals surface area contributed by atoms with E-state index < -0.39 is 19.9 Å². The number of nitrogens with zero attached hydrogens (tertiary/aromatic N) is 2. The van der Waals surface area contributed by atoms with Gasteiger partial charge in [-0.2, -0.15) is 4.31 Å². The molecule has 32 heavy (non-hydrogen) atoms. The summed E-state index contributed by atoms with van der Waals surface area (Å²) < 4.78 is 51.6. The number of hydrogen-bond acceptors (Lipinski definition) is 7. The Bertz CT molecular complexity index is 1390. The molecule has 0 atom stereocenters. The van der Waals surface area contributed by atoms with Crippen LogP contribution in [0.2, 0.25) is 5.02 Å². The molecule has 0 bridgehead atoms. The van der Waals surface area contributed by atoms with E-state index in [9.17, 15) is 21.6 Å². The molecule has 0 spiro atoms. The SMILES string of the molecule is CS(=O)(=O)c1cccc(S(=O)(=O)N2CCC(C(=O)Nc3nc4ccc(Cl)cc4s3)CC2)c1. The molecule has 2 heterocycles. The van der Waals surface area contributed by atoms with Crippen molar-refractivity contribution in [3.8, 4) is 0 Å². The van der Waals surface area contributed by atoms with Gasteiger partial charge in [0, 0.05) is 30.3 Å². The van der Waals surface area contributed by atoms with Crippen LogP contribution in [0.4, 0.5) is 5.13 Å². The van der Waals surface area contributed by atoms with Crippen LogP contribution < -0.4 is 5.32 Å². The molecule has 1 N–H and O–H groups in total. The number of nitrogens with one attached hydrogen (secondary N) is 1. The molecule has 1 aromatic heterocycles. The third-order valence-electron chi connectivity index (χ3n) is 5.28. The minimum absolute atomic E-state index is 0.0510. The smallest absolute Gasteiger partial charge is 0.243 e. The molecule has 2 aromatic carbocycles. The van der Waals surface area contributed by atoms with E-state index in [1.807, 2.05) is 0 Å². The number of carbonyl (C=O) groups is 1. The normalized spacial score (nSPS) is 16.3. The molecule has 170 valence electrons. The Labute approximate surface area is 195 Å². The van der Waals surface area contributed by atoms with E-state index in [1.54, 1.807) is 18.2 Å². The second kappa shape index (κ2) is 8.71. The number of fused-ring (bicyclic) bond motifs is 1. The lowest BCUT2D eigenvalue weighted by molar-refractivity contribution is -0.120. The topological polar surface area (TPSA) is 114 Å². The minimum Gasteiger partial charge on any atom is -0.302 e. The van der Waals surface area contributed by atoms with Crippen LogP contribution in [0.3, 0.4) is 0 Å². The number of anilines is 1. The van der Waals surface area contributed by atoms with Crippen molar-refractivity contribution in [2.24, 2.45) is 5.92 Å². The number of aromatic nitrogens is 1. The number of sulfone groups is 1. The van der Waals surface area contributed by atoms with Crippen molar-refractivity contribution >= 4 is 64.1 Å². The highest BCUT2D eigenvalue weighted by molar-refractivity contribution is 7.91. The number of thiazole rings is 1. The quantitative estimate of drug-likeness (QED) is 0.559. The third-order valence-corrected chi connectivity index (χ3v) is 9.45. The predicted octanol–water partition coefficient (Wildman–Crippen LogP) is 3.39. The lowest BCUT2D eigenvalue weighted by Crippen LogP contribution is -2.41. The van der Waals surface area contributed by atoms with E-state index in [-0.39, 0.29) is 34.7 Å². The van der Waals surface area contributed by atoms with Crippen LogP contribution in [0.15, 0.2) is 52.3 Å². The van der Waals surface area contributed by atoms with Crippen LogP contribution in [-0.4, -0.2) is 51.4 Å². The van der Waals surface area contributed by atoms with E-state index in [0.717, 1.165) is 16.5 Å². The van der Waals surface area contributed by atoms with Crippen molar-refractivity contribution in [3.63, 3.8) is 0 Å². The number of benzene rings is 2. The molecule has 0 radical (unpaired) electrons. The van der Waals surface area contributed by atoms with Crippen LogP contribution in [0, 0.1) is 5.92 Å². The molecule has 0 unspecified atom stereocenters. The van der Waals surface area contributed by atoms with E-state index in [2.05, 4.69) is 10.3 Å². The zero-order chi connectivity index (χ0) is 23.1. The number of rotatable bonds is 5. The maximum absolute atomic E-state index is 13.0. The Kier molecular flexibility index (Phi) is 6.29. The first-order chi connectivity index (χ1) is 15.0. The lowest BCUT2D eigenvalue weighted by Gasteiger charge is -2.30. The van der Waals surface area contributed by atoms with Gasteiger partial charge < -0.3 is 5.32 Å². The van der Waals surface area contributed by atoms with Gasteiger partial charge in [0.2, 0.25) is 15.9 Å². The Morgan fingerprint density at radius 2 is 1.78 bits per heavy atom. The van der Waals surface area contributed by atoms with E-state index in [4.69, 9.17) is 11.6 Å². The first-order valence-electron chi connectivity index (χ1n) is 9.71. The number of carbonyl (C=O) groups excluding carboxylic acids is 1. The molecule has 1 aliphatic heterocycles. The largest absolute Gasteiger partial charge is 0.302 e. The molecule has 1 amide bonds. The fourth-order valence-corrected chi connectivity index (χ4v) is 6.93. The van der Waals surface area contributed by atoms with Gasteiger partial charge in [-0.1, -0.05) is 29.0 Å². The molecule has 1 aliphatic rings. The molecular weight excluding hydrogens is 494 g/mol. The minimum atomic E-state index is -3.86. The summed E-state index contributed by atoms with van der Waals surface area (Å²) in [5.74, 6) is -0.550. The molecule has 3 aromatic rings. The summed E-state index contributed by atoms with van der Waals surface area (Å²) in [5.41, 5.74) is 0.743. The molecule has 12 heteroatoms. The highest BCUT2D eigenvalue weighted by Crippen LogP contribution is 2.30. The van der Waals surface area contributed by atoms with Crippen LogP contribution in [0.5, 0.6) is 0 Å². The summed E-state index contributed by atoms with van der Waals surface area (Å²) in [7, 11) is -7.39. The Balaban J connectivity index is 1.42. The van der Waals surface area contributed by atoms with Gasteiger partial charge in [0.1, 0.15) is 0 Å². The maximum atomic E-state index is 13.0. The highest BCUT2D eigenvalue weighted by Gasteiger charge is 2.32. The highest BCUT2D eigenvalue weighted by atomic mass is 35.5. The average Bonchev–Trinajstić information content (AvgIpc) is 3.14. The van der Waals surface area contributed by atoms with Gasteiger partial charge in [0.25, 0.3) is 0 Å². The van der Waals surface area contributed by atoms with Gasteiger partial charge in [0.15, 0.2) is 15.0 Å². The van der Waals surface area contributed by atoms with Gasteiger partial charge in [-0.15, -0.1) is 0 Å². The number of piperidine rings is 1. The standard InChI is InChI=1S/C20H20ClN3O5S3/c1-31(26,27)15-3-2-4-16(12-15)32(28,29)24-9-7-13(8-10-24)19(25)23-20-22-17-6-5-14(21)11-18(17)30-20/h2-6,11-13H,7-10H2,1H3,(H,22,23,25). The van der Waals surface area contributed by atoms with Gasteiger partial charge in [0.05, 0.1) is 20.0 Å². The second-order valence-electron chi connectivity index (χ2n) is 7.55. The van der Waals surface area contributed by atoms with Crippen LogP contribution in [0.1, 0.15) is 12.8 Å². The monoisotopic (exact) mass is 513 g/mol. The van der Waals surface area contributed by atoms with E-state index in [1.165, 1.54) is 39.9 Å². The van der Waals surface area contributed by atoms with E-state index >= 15 is 0 Å². The van der Waals surface area contributed by atoms with Crippen molar-refractivity contribution in [3.05, 3.63) is 47.5 Å². The molecule has 0 aliphatic carbocycles. The maximum Gasteiger partial charge on any atom is 0.243 e.